The Balaban J connectivity index is 1.69. The van der Waals surface area contributed by atoms with Crippen LogP contribution in [0.15, 0.2) is 18.3 Å². The molecule has 2 aliphatic rings. The SMILES string of the molecule is CNc1ccc(CN2C3CCC2CC(O)C3)cn1. The summed E-state index contributed by atoms with van der Waals surface area (Å²) in [6, 6.07) is 5.31. The third kappa shape index (κ3) is 2.22. The molecule has 2 unspecified atom stereocenters. The van der Waals surface area contributed by atoms with E-state index in [0.717, 1.165) is 25.2 Å². The van der Waals surface area contributed by atoms with Crippen molar-refractivity contribution in [3.05, 3.63) is 23.9 Å². The summed E-state index contributed by atoms with van der Waals surface area (Å²) in [5.41, 5.74) is 1.27. The fourth-order valence-corrected chi connectivity index (χ4v) is 3.38. The number of aliphatic hydroxyl groups is 1. The Hall–Kier alpha value is -1.13. The summed E-state index contributed by atoms with van der Waals surface area (Å²) in [7, 11) is 1.88. The third-order valence-electron chi connectivity index (χ3n) is 4.31. The predicted molar refractivity (Wildman–Crippen MR) is 71.4 cm³/mol. The van der Waals surface area contributed by atoms with Gasteiger partial charge in [-0.3, -0.25) is 4.90 Å². The van der Waals surface area contributed by atoms with Crippen molar-refractivity contribution >= 4 is 5.82 Å². The monoisotopic (exact) mass is 247 g/mol. The average Bonchev–Trinajstić information content (AvgIpc) is 2.62. The maximum atomic E-state index is 9.79. The molecule has 1 aromatic rings. The molecule has 2 saturated heterocycles. The van der Waals surface area contributed by atoms with E-state index < -0.39 is 0 Å². The van der Waals surface area contributed by atoms with Gasteiger partial charge in [-0.1, -0.05) is 6.07 Å². The molecule has 1 aromatic heterocycles. The molecule has 4 nitrogen and oxygen atoms in total. The minimum Gasteiger partial charge on any atom is -0.393 e. The van der Waals surface area contributed by atoms with Crippen LogP contribution in [-0.2, 0) is 6.54 Å². The molecule has 0 amide bonds. The highest BCUT2D eigenvalue weighted by Gasteiger charge is 2.39. The van der Waals surface area contributed by atoms with Crippen molar-refractivity contribution in [3.63, 3.8) is 0 Å². The van der Waals surface area contributed by atoms with Gasteiger partial charge < -0.3 is 10.4 Å². The van der Waals surface area contributed by atoms with Crippen LogP contribution < -0.4 is 5.32 Å². The van der Waals surface area contributed by atoms with Crippen LogP contribution in [0.5, 0.6) is 0 Å². The highest BCUT2D eigenvalue weighted by Crippen LogP contribution is 2.36. The molecule has 2 aliphatic heterocycles. The van der Waals surface area contributed by atoms with Gasteiger partial charge >= 0.3 is 0 Å². The van der Waals surface area contributed by atoms with Crippen LogP contribution in [0.2, 0.25) is 0 Å². The van der Waals surface area contributed by atoms with Gasteiger partial charge in [0.15, 0.2) is 0 Å². The maximum Gasteiger partial charge on any atom is 0.125 e. The number of hydrogen-bond acceptors (Lipinski definition) is 4. The smallest absolute Gasteiger partial charge is 0.125 e. The molecule has 18 heavy (non-hydrogen) atoms. The van der Waals surface area contributed by atoms with E-state index in [1.807, 2.05) is 19.3 Å². The number of nitrogens with zero attached hydrogens (tertiary/aromatic N) is 2. The number of hydrogen-bond donors (Lipinski definition) is 2. The van der Waals surface area contributed by atoms with E-state index in [4.69, 9.17) is 0 Å². The van der Waals surface area contributed by atoms with E-state index in [-0.39, 0.29) is 6.10 Å². The number of aliphatic hydroxyl groups excluding tert-OH is 1. The molecule has 4 heteroatoms. The first-order valence-corrected chi connectivity index (χ1v) is 6.83. The molecular formula is C14H21N3O. The van der Waals surface area contributed by atoms with Crippen LogP contribution in [0.4, 0.5) is 5.82 Å². The Morgan fingerprint density at radius 1 is 1.33 bits per heavy atom. The van der Waals surface area contributed by atoms with Gasteiger partial charge in [0.25, 0.3) is 0 Å². The summed E-state index contributed by atoms with van der Waals surface area (Å²) in [6.45, 7) is 0.971. The summed E-state index contributed by atoms with van der Waals surface area (Å²) >= 11 is 0. The first kappa shape index (κ1) is 11.9. The molecule has 3 heterocycles. The molecule has 2 atom stereocenters. The average molecular weight is 247 g/mol. The standard InChI is InChI=1S/C14H21N3O/c1-15-14-5-2-10(8-16-14)9-17-11-3-4-12(17)7-13(18)6-11/h2,5,8,11-13,18H,3-4,6-7,9H2,1H3,(H,15,16). The van der Waals surface area contributed by atoms with Gasteiger partial charge in [-0.15, -0.1) is 0 Å². The van der Waals surface area contributed by atoms with Gasteiger partial charge in [0.1, 0.15) is 5.82 Å². The highest BCUT2D eigenvalue weighted by molar-refractivity contribution is 5.34. The van der Waals surface area contributed by atoms with Gasteiger partial charge in [-0.25, -0.2) is 4.98 Å². The van der Waals surface area contributed by atoms with Crippen LogP contribution in [0.3, 0.4) is 0 Å². The molecule has 98 valence electrons. The molecular weight excluding hydrogens is 226 g/mol. The summed E-state index contributed by atoms with van der Waals surface area (Å²) in [5, 5.41) is 12.8. The summed E-state index contributed by atoms with van der Waals surface area (Å²) in [5.74, 6) is 0.913. The first-order valence-electron chi connectivity index (χ1n) is 6.83. The van der Waals surface area contributed by atoms with Crippen molar-refractivity contribution in [1.29, 1.82) is 0 Å². The second-order valence-electron chi connectivity index (χ2n) is 5.48. The van der Waals surface area contributed by atoms with Crippen LogP contribution in [0.1, 0.15) is 31.2 Å². The zero-order chi connectivity index (χ0) is 12.5. The minimum absolute atomic E-state index is 0.0801. The molecule has 2 N–H and O–H groups in total. The normalized spacial score (nSPS) is 31.6. The first-order chi connectivity index (χ1) is 8.76. The quantitative estimate of drug-likeness (QED) is 0.852. The second-order valence-corrected chi connectivity index (χ2v) is 5.48. The lowest BCUT2D eigenvalue weighted by molar-refractivity contribution is 0.0310. The lowest BCUT2D eigenvalue weighted by Crippen LogP contribution is -2.44. The Bertz CT molecular complexity index is 392. The van der Waals surface area contributed by atoms with Crippen LogP contribution >= 0.6 is 0 Å². The molecule has 0 aliphatic carbocycles. The molecule has 2 fully saturated rings. The second kappa shape index (κ2) is 4.86. The number of pyridine rings is 1. The van der Waals surface area contributed by atoms with Gasteiger partial charge in [0.05, 0.1) is 6.10 Å². The Kier molecular flexibility index (Phi) is 3.22. The zero-order valence-electron chi connectivity index (χ0n) is 10.8. The van der Waals surface area contributed by atoms with E-state index in [9.17, 15) is 5.11 Å². The fraction of sp³-hybridized carbons (Fsp3) is 0.643. The van der Waals surface area contributed by atoms with Crippen molar-refractivity contribution in [1.82, 2.24) is 9.88 Å². The lowest BCUT2D eigenvalue weighted by atomic mass is 9.99. The zero-order valence-corrected chi connectivity index (χ0v) is 10.8. The fourth-order valence-electron chi connectivity index (χ4n) is 3.38. The molecule has 2 bridgehead atoms. The Labute approximate surface area is 108 Å². The van der Waals surface area contributed by atoms with Crippen molar-refractivity contribution in [2.24, 2.45) is 0 Å². The third-order valence-corrected chi connectivity index (χ3v) is 4.31. The molecule has 3 rings (SSSR count). The number of piperidine rings is 1. The van der Waals surface area contributed by atoms with Gasteiger partial charge in [0, 0.05) is 31.9 Å². The topological polar surface area (TPSA) is 48.4 Å². The molecule has 0 saturated carbocycles. The van der Waals surface area contributed by atoms with E-state index >= 15 is 0 Å². The molecule has 0 radical (unpaired) electrons. The van der Waals surface area contributed by atoms with Crippen LogP contribution in [-0.4, -0.2) is 40.2 Å². The van der Waals surface area contributed by atoms with Gasteiger partial charge in [-0.2, -0.15) is 0 Å². The highest BCUT2D eigenvalue weighted by atomic mass is 16.3. The van der Waals surface area contributed by atoms with E-state index in [0.29, 0.717) is 12.1 Å². The Morgan fingerprint density at radius 3 is 2.61 bits per heavy atom. The minimum atomic E-state index is -0.0801. The van der Waals surface area contributed by atoms with E-state index in [1.165, 1.54) is 18.4 Å². The van der Waals surface area contributed by atoms with Crippen LogP contribution in [0, 0.1) is 0 Å². The van der Waals surface area contributed by atoms with Crippen molar-refractivity contribution < 1.29 is 5.11 Å². The van der Waals surface area contributed by atoms with E-state index in [1.54, 1.807) is 0 Å². The van der Waals surface area contributed by atoms with Crippen molar-refractivity contribution in [2.45, 2.75) is 50.4 Å². The van der Waals surface area contributed by atoms with Gasteiger partial charge in [0.2, 0.25) is 0 Å². The number of rotatable bonds is 3. The Morgan fingerprint density at radius 2 is 2.06 bits per heavy atom. The summed E-state index contributed by atoms with van der Waals surface area (Å²) in [6.07, 6.45) is 6.24. The van der Waals surface area contributed by atoms with Crippen molar-refractivity contribution in [2.75, 3.05) is 12.4 Å². The number of aromatic nitrogens is 1. The lowest BCUT2D eigenvalue weighted by Gasteiger charge is -2.37. The van der Waals surface area contributed by atoms with Crippen LogP contribution in [0.25, 0.3) is 0 Å². The number of fused-ring (bicyclic) bond motifs is 2. The molecule has 0 spiro atoms. The summed E-state index contributed by atoms with van der Waals surface area (Å²) < 4.78 is 0. The largest absolute Gasteiger partial charge is 0.393 e. The van der Waals surface area contributed by atoms with Gasteiger partial charge in [-0.05, 0) is 37.3 Å². The number of nitrogens with one attached hydrogen (secondary N) is 1. The number of anilines is 1. The maximum absolute atomic E-state index is 9.79. The van der Waals surface area contributed by atoms with Crippen molar-refractivity contribution in [3.8, 4) is 0 Å². The van der Waals surface area contributed by atoms with E-state index in [2.05, 4.69) is 21.3 Å². The molecule has 0 aromatic carbocycles. The predicted octanol–water partition coefficient (Wildman–Crippen LogP) is 1.61. The summed E-state index contributed by atoms with van der Waals surface area (Å²) in [4.78, 5) is 6.92.